The topological polar surface area (TPSA) is 77.9 Å². The molecule has 1 fully saturated rings. The number of aromatic nitrogens is 2. The average Bonchev–Trinajstić information content (AvgIpc) is 2.89. The van der Waals surface area contributed by atoms with Crippen LogP contribution in [0.3, 0.4) is 0 Å². The zero-order chi connectivity index (χ0) is 15.5. The first-order valence-electron chi connectivity index (χ1n) is 7.31. The van der Waals surface area contributed by atoms with Gasteiger partial charge in [0.15, 0.2) is 5.96 Å². The van der Waals surface area contributed by atoms with E-state index in [4.69, 9.17) is 15.2 Å². The quantitative estimate of drug-likeness (QED) is 0.451. The minimum atomic E-state index is 0. The molecule has 2 aromatic rings. The highest BCUT2D eigenvalue weighted by atomic mass is 127. The fraction of sp³-hybridized carbons (Fsp3) is 0.467. The van der Waals surface area contributed by atoms with E-state index in [9.17, 15) is 0 Å². The van der Waals surface area contributed by atoms with Crippen LogP contribution in [0.5, 0.6) is 5.75 Å². The highest BCUT2D eigenvalue weighted by Gasteiger charge is 2.13. The Morgan fingerprint density at radius 3 is 2.83 bits per heavy atom. The molecule has 0 bridgehead atoms. The van der Waals surface area contributed by atoms with Crippen molar-refractivity contribution in [2.45, 2.75) is 6.54 Å². The van der Waals surface area contributed by atoms with Crippen LogP contribution >= 0.6 is 24.0 Å². The standard InChI is InChI=1S/C15H21N5O2.HI/c1-19-13-4-3-11(21-2)9-12(13)18-14(19)10-17-15(16)20-5-7-22-8-6-20;/h3-4,9H,5-8,10H2,1-2H3,(H2,16,17);1H. The van der Waals surface area contributed by atoms with Gasteiger partial charge in [-0.1, -0.05) is 0 Å². The minimum absolute atomic E-state index is 0. The van der Waals surface area contributed by atoms with Crippen molar-refractivity contribution >= 4 is 41.0 Å². The van der Waals surface area contributed by atoms with Gasteiger partial charge in [-0.05, 0) is 12.1 Å². The molecule has 0 atom stereocenters. The molecule has 0 aliphatic carbocycles. The van der Waals surface area contributed by atoms with Crippen molar-refractivity contribution in [3.63, 3.8) is 0 Å². The number of nitrogens with zero attached hydrogens (tertiary/aromatic N) is 4. The van der Waals surface area contributed by atoms with E-state index in [1.807, 2.05) is 34.7 Å². The molecule has 1 aromatic heterocycles. The summed E-state index contributed by atoms with van der Waals surface area (Å²) in [6.07, 6.45) is 0. The van der Waals surface area contributed by atoms with Gasteiger partial charge in [-0.3, -0.25) is 0 Å². The number of nitrogens with two attached hydrogens (primary N) is 1. The summed E-state index contributed by atoms with van der Waals surface area (Å²) in [5.74, 6) is 2.22. The Balaban J connectivity index is 0.00000192. The summed E-state index contributed by atoms with van der Waals surface area (Å²) in [4.78, 5) is 11.1. The van der Waals surface area contributed by atoms with Gasteiger partial charge in [0, 0.05) is 26.2 Å². The normalized spacial score (nSPS) is 15.6. The molecule has 3 rings (SSSR count). The third-order valence-electron chi connectivity index (χ3n) is 3.90. The van der Waals surface area contributed by atoms with Crippen LogP contribution in [0.4, 0.5) is 0 Å². The smallest absolute Gasteiger partial charge is 0.191 e. The number of aliphatic imine (C=N–C) groups is 1. The van der Waals surface area contributed by atoms with Gasteiger partial charge in [-0.2, -0.15) is 0 Å². The van der Waals surface area contributed by atoms with Crippen molar-refractivity contribution in [2.75, 3.05) is 33.4 Å². The van der Waals surface area contributed by atoms with Gasteiger partial charge >= 0.3 is 0 Å². The Morgan fingerprint density at radius 2 is 2.13 bits per heavy atom. The van der Waals surface area contributed by atoms with E-state index in [0.717, 1.165) is 35.7 Å². The molecule has 0 unspecified atom stereocenters. The van der Waals surface area contributed by atoms with Gasteiger partial charge in [0.05, 0.1) is 31.4 Å². The van der Waals surface area contributed by atoms with Crippen LogP contribution in [0.15, 0.2) is 23.2 Å². The lowest BCUT2D eigenvalue weighted by Gasteiger charge is -2.27. The summed E-state index contributed by atoms with van der Waals surface area (Å²) in [6.45, 7) is 3.42. The minimum Gasteiger partial charge on any atom is -0.497 e. The van der Waals surface area contributed by atoms with Gasteiger partial charge in [-0.25, -0.2) is 9.98 Å². The Hall–Kier alpha value is -1.55. The number of imidazole rings is 1. The number of rotatable bonds is 3. The molecule has 23 heavy (non-hydrogen) atoms. The molecular formula is C15H22IN5O2. The Kier molecular flexibility index (Phi) is 6.05. The molecule has 0 saturated carbocycles. The first kappa shape index (κ1) is 17.8. The van der Waals surface area contributed by atoms with Crippen molar-refractivity contribution in [1.29, 1.82) is 0 Å². The van der Waals surface area contributed by atoms with Crippen molar-refractivity contribution < 1.29 is 9.47 Å². The van der Waals surface area contributed by atoms with E-state index >= 15 is 0 Å². The van der Waals surface area contributed by atoms with E-state index in [1.54, 1.807) is 7.11 Å². The molecule has 0 amide bonds. The predicted molar refractivity (Wildman–Crippen MR) is 100 cm³/mol. The van der Waals surface area contributed by atoms with Crippen LogP contribution in [0.1, 0.15) is 5.82 Å². The van der Waals surface area contributed by atoms with Crippen molar-refractivity contribution in [3.05, 3.63) is 24.0 Å². The average molecular weight is 431 g/mol. The zero-order valence-corrected chi connectivity index (χ0v) is 15.7. The summed E-state index contributed by atoms with van der Waals surface area (Å²) in [5, 5.41) is 0. The van der Waals surface area contributed by atoms with Crippen LogP contribution in [-0.4, -0.2) is 53.8 Å². The molecule has 2 heterocycles. The van der Waals surface area contributed by atoms with Crippen LogP contribution in [-0.2, 0) is 18.3 Å². The van der Waals surface area contributed by atoms with E-state index < -0.39 is 0 Å². The molecular weight excluding hydrogens is 409 g/mol. The number of hydrogen-bond donors (Lipinski definition) is 1. The first-order chi connectivity index (χ1) is 10.7. The van der Waals surface area contributed by atoms with E-state index in [-0.39, 0.29) is 24.0 Å². The number of hydrogen-bond acceptors (Lipinski definition) is 4. The number of guanidine groups is 1. The Morgan fingerprint density at radius 1 is 1.39 bits per heavy atom. The monoisotopic (exact) mass is 431 g/mol. The van der Waals surface area contributed by atoms with Gasteiger partial charge in [0.25, 0.3) is 0 Å². The highest BCUT2D eigenvalue weighted by Crippen LogP contribution is 2.21. The molecule has 8 heteroatoms. The van der Waals surface area contributed by atoms with Crippen molar-refractivity contribution in [3.8, 4) is 5.75 Å². The first-order valence-corrected chi connectivity index (χ1v) is 7.31. The Bertz CT molecular complexity index is 694. The SMILES string of the molecule is COc1ccc2c(c1)nc(CN=C(N)N1CCOCC1)n2C.I. The third-order valence-corrected chi connectivity index (χ3v) is 3.90. The summed E-state index contributed by atoms with van der Waals surface area (Å²) in [6, 6.07) is 5.85. The number of morpholine rings is 1. The molecule has 0 radical (unpaired) electrons. The van der Waals surface area contributed by atoms with Crippen LogP contribution in [0.2, 0.25) is 0 Å². The number of methoxy groups -OCH3 is 1. The second kappa shape index (κ2) is 7.82. The second-order valence-corrected chi connectivity index (χ2v) is 5.22. The van der Waals surface area contributed by atoms with Crippen molar-refractivity contribution in [2.24, 2.45) is 17.8 Å². The lowest BCUT2D eigenvalue weighted by Crippen LogP contribution is -2.44. The molecule has 1 aliphatic rings. The highest BCUT2D eigenvalue weighted by molar-refractivity contribution is 14.0. The molecule has 7 nitrogen and oxygen atoms in total. The molecule has 2 N–H and O–H groups in total. The van der Waals surface area contributed by atoms with E-state index in [2.05, 4.69) is 9.98 Å². The number of fused-ring (bicyclic) bond motifs is 1. The molecule has 126 valence electrons. The van der Waals surface area contributed by atoms with E-state index in [0.29, 0.717) is 25.7 Å². The van der Waals surface area contributed by atoms with E-state index in [1.165, 1.54) is 0 Å². The molecule has 1 aromatic carbocycles. The number of benzene rings is 1. The maximum atomic E-state index is 6.05. The number of halogens is 1. The van der Waals surface area contributed by atoms with Crippen LogP contribution < -0.4 is 10.5 Å². The lowest BCUT2D eigenvalue weighted by molar-refractivity contribution is 0.0674. The largest absolute Gasteiger partial charge is 0.497 e. The van der Waals surface area contributed by atoms with Gasteiger partial charge in [0.1, 0.15) is 18.1 Å². The maximum absolute atomic E-state index is 6.05. The van der Waals surface area contributed by atoms with Gasteiger partial charge in [-0.15, -0.1) is 24.0 Å². The van der Waals surface area contributed by atoms with Gasteiger partial charge < -0.3 is 24.7 Å². The lowest BCUT2D eigenvalue weighted by atomic mass is 10.3. The second-order valence-electron chi connectivity index (χ2n) is 5.22. The summed E-state index contributed by atoms with van der Waals surface area (Å²) < 4.78 is 12.6. The summed E-state index contributed by atoms with van der Waals surface area (Å²) >= 11 is 0. The zero-order valence-electron chi connectivity index (χ0n) is 13.4. The maximum Gasteiger partial charge on any atom is 0.191 e. The summed E-state index contributed by atoms with van der Waals surface area (Å²) in [5.41, 5.74) is 8.00. The Labute approximate surface area is 152 Å². The van der Waals surface area contributed by atoms with Crippen molar-refractivity contribution in [1.82, 2.24) is 14.5 Å². The number of aryl methyl sites for hydroxylation is 1. The molecule has 1 saturated heterocycles. The fourth-order valence-corrected chi connectivity index (χ4v) is 2.54. The third kappa shape index (κ3) is 3.86. The number of ether oxygens (including phenoxy) is 2. The molecule has 1 aliphatic heterocycles. The molecule has 0 spiro atoms. The summed E-state index contributed by atoms with van der Waals surface area (Å²) in [7, 11) is 3.63. The van der Waals surface area contributed by atoms with Crippen LogP contribution in [0.25, 0.3) is 11.0 Å². The van der Waals surface area contributed by atoms with Gasteiger partial charge in [0.2, 0.25) is 0 Å². The van der Waals surface area contributed by atoms with Crippen LogP contribution in [0, 0.1) is 0 Å². The predicted octanol–water partition coefficient (Wildman–Crippen LogP) is 1.35. The fourth-order valence-electron chi connectivity index (χ4n) is 2.54.